The van der Waals surface area contributed by atoms with Crippen molar-refractivity contribution in [1.29, 1.82) is 0 Å². The molecule has 0 aromatic rings. The molecule has 3 nitrogen and oxygen atoms in total. The summed E-state index contributed by atoms with van der Waals surface area (Å²) in [7, 11) is 6.48. The lowest BCUT2D eigenvalue weighted by molar-refractivity contribution is 0.301. The molecule has 84 valence electrons. The lowest BCUT2D eigenvalue weighted by Crippen LogP contribution is -2.40. The largest absolute Gasteiger partial charge is 0.311 e. The molecular formula is C11H25N3. The van der Waals surface area contributed by atoms with Gasteiger partial charge >= 0.3 is 0 Å². The quantitative estimate of drug-likeness (QED) is 0.716. The van der Waals surface area contributed by atoms with E-state index < -0.39 is 0 Å². The SMILES string of the molecule is CN(C)CCNC1CCCCN(C)C1. The number of hydrogen-bond acceptors (Lipinski definition) is 3. The van der Waals surface area contributed by atoms with Gasteiger partial charge in [0.25, 0.3) is 0 Å². The van der Waals surface area contributed by atoms with Crippen molar-refractivity contribution in [3.63, 3.8) is 0 Å². The van der Waals surface area contributed by atoms with E-state index in [4.69, 9.17) is 0 Å². The number of rotatable bonds is 4. The average molecular weight is 199 g/mol. The van der Waals surface area contributed by atoms with E-state index in [1.807, 2.05) is 0 Å². The minimum atomic E-state index is 0.711. The van der Waals surface area contributed by atoms with Crippen molar-refractivity contribution >= 4 is 0 Å². The van der Waals surface area contributed by atoms with Crippen molar-refractivity contribution in [2.24, 2.45) is 0 Å². The Balaban J connectivity index is 2.15. The molecule has 1 N–H and O–H groups in total. The van der Waals surface area contributed by atoms with E-state index in [1.54, 1.807) is 0 Å². The zero-order chi connectivity index (χ0) is 10.4. The second-order valence-electron chi connectivity index (χ2n) is 4.71. The smallest absolute Gasteiger partial charge is 0.0195 e. The number of hydrogen-bond donors (Lipinski definition) is 1. The van der Waals surface area contributed by atoms with Crippen LogP contribution in [0.2, 0.25) is 0 Å². The fourth-order valence-corrected chi connectivity index (χ4v) is 1.99. The monoisotopic (exact) mass is 199 g/mol. The summed E-state index contributed by atoms with van der Waals surface area (Å²) in [5.74, 6) is 0. The molecular weight excluding hydrogens is 174 g/mol. The highest BCUT2D eigenvalue weighted by Gasteiger charge is 2.14. The Labute approximate surface area is 88.5 Å². The van der Waals surface area contributed by atoms with Crippen molar-refractivity contribution < 1.29 is 0 Å². The topological polar surface area (TPSA) is 18.5 Å². The Morgan fingerprint density at radius 2 is 2.14 bits per heavy atom. The molecule has 1 atom stereocenters. The first-order valence-electron chi connectivity index (χ1n) is 5.75. The third-order valence-corrected chi connectivity index (χ3v) is 2.87. The minimum Gasteiger partial charge on any atom is -0.311 e. The van der Waals surface area contributed by atoms with E-state index in [2.05, 4.69) is 36.3 Å². The van der Waals surface area contributed by atoms with Crippen LogP contribution in [-0.4, -0.2) is 63.2 Å². The lowest BCUT2D eigenvalue weighted by atomic mass is 10.1. The predicted molar refractivity (Wildman–Crippen MR) is 61.7 cm³/mol. The second-order valence-corrected chi connectivity index (χ2v) is 4.71. The fourth-order valence-electron chi connectivity index (χ4n) is 1.99. The summed E-state index contributed by atoms with van der Waals surface area (Å²) >= 11 is 0. The van der Waals surface area contributed by atoms with Crippen molar-refractivity contribution in [2.45, 2.75) is 25.3 Å². The minimum absolute atomic E-state index is 0.711. The van der Waals surface area contributed by atoms with Crippen LogP contribution < -0.4 is 5.32 Å². The summed E-state index contributed by atoms with van der Waals surface area (Å²) < 4.78 is 0. The molecule has 0 radical (unpaired) electrons. The summed E-state index contributed by atoms with van der Waals surface area (Å²) in [5.41, 5.74) is 0. The summed E-state index contributed by atoms with van der Waals surface area (Å²) in [4.78, 5) is 4.67. The van der Waals surface area contributed by atoms with Gasteiger partial charge in [0.2, 0.25) is 0 Å². The molecule has 14 heavy (non-hydrogen) atoms. The Bertz CT molecular complexity index is 147. The average Bonchev–Trinajstić information content (AvgIpc) is 2.29. The zero-order valence-electron chi connectivity index (χ0n) is 9.92. The predicted octanol–water partition coefficient (Wildman–Crippen LogP) is 0.622. The first kappa shape index (κ1) is 12.0. The molecule has 1 aliphatic heterocycles. The van der Waals surface area contributed by atoms with Crippen molar-refractivity contribution in [1.82, 2.24) is 15.1 Å². The molecule has 1 rings (SSSR count). The van der Waals surface area contributed by atoms with Gasteiger partial charge in [-0.3, -0.25) is 0 Å². The molecule has 1 saturated heterocycles. The molecule has 0 bridgehead atoms. The van der Waals surface area contributed by atoms with E-state index >= 15 is 0 Å². The van der Waals surface area contributed by atoms with E-state index in [0.29, 0.717) is 6.04 Å². The Kier molecular flexibility index (Phi) is 5.45. The summed E-state index contributed by atoms with van der Waals surface area (Å²) in [5, 5.41) is 3.64. The van der Waals surface area contributed by atoms with Crippen LogP contribution in [0, 0.1) is 0 Å². The third-order valence-electron chi connectivity index (χ3n) is 2.87. The molecule has 1 aliphatic rings. The standard InChI is InChI=1S/C11H25N3/c1-13(2)9-7-12-11-6-4-5-8-14(3)10-11/h11-12H,4-10H2,1-3H3. The van der Waals surface area contributed by atoms with Gasteiger partial charge in [-0.25, -0.2) is 0 Å². The highest BCUT2D eigenvalue weighted by Crippen LogP contribution is 2.08. The second kappa shape index (κ2) is 6.38. The van der Waals surface area contributed by atoms with Crippen LogP contribution in [0.4, 0.5) is 0 Å². The molecule has 0 spiro atoms. The lowest BCUT2D eigenvalue weighted by Gasteiger charge is -2.22. The molecule has 1 heterocycles. The molecule has 3 heteroatoms. The molecule has 1 fully saturated rings. The highest BCUT2D eigenvalue weighted by atomic mass is 15.1. The Morgan fingerprint density at radius 1 is 1.36 bits per heavy atom. The van der Waals surface area contributed by atoms with Crippen molar-refractivity contribution in [3.05, 3.63) is 0 Å². The first-order valence-corrected chi connectivity index (χ1v) is 5.75. The van der Waals surface area contributed by atoms with Crippen LogP contribution in [0.15, 0.2) is 0 Å². The van der Waals surface area contributed by atoms with E-state index in [9.17, 15) is 0 Å². The molecule has 1 unspecified atom stereocenters. The van der Waals surface area contributed by atoms with Crippen LogP contribution in [0.5, 0.6) is 0 Å². The van der Waals surface area contributed by atoms with Gasteiger partial charge in [0, 0.05) is 25.7 Å². The molecule has 0 saturated carbocycles. The van der Waals surface area contributed by atoms with Gasteiger partial charge in [-0.05, 0) is 40.5 Å². The number of likely N-dealkylation sites (tertiary alicyclic amines) is 1. The highest BCUT2D eigenvalue weighted by molar-refractivity contribution is 4.74. The maximum Gasteiger partial charge on any atom is 0.0195 e. The number of nitrogens with zero attached hydrogens (tertiary/aromatic N) is 2. The number of likely N-dealkylation sites (N-methyl/N-ethyl adjacent to an activating group) is 2. The summed E-state index contributed by atoms with van der Waals surface area (Å²) in [6.07, 6.45) is 4.09. The summed E-state index contributed by atoms with van der Waals surface area (Å²) in [6.45, 7) is 4.74. The third kappa shape index (κ3) is 4.94. The normalized spacial score (nSPS) is 25.3. The van der Waals surface area contributed by atoms with Gasteiger partial charge in [-0.1, -0.05) is 6.42 Å². The molecule has 0 aromatic carbocycles. The number of nitrogens with one attached hydrogen (secondary N) is 1. The van der Waals surface area contributed by atoms with Crippen molar-refractivity contribution in [2.75, 3.05) is 47.3 Å². The molecule has 0 aliphatic carbocycles. The molecule has 0 amide bonds. The van der Waals surface area contributed by atoms with Crippen LogP contribution in [0.1, 0.15) is 19.3 Å². The van der Waals surface area contributed by atoms with Gasteiger partial charge in [-0.2, -0.15) is 0 Å². The van der Waals surface area contributed by atoms with Crippen LogP contribution in [-0.2, 0) is 0 Å². The zero-order valence-corrected chi connectivity index (χ0v) is 9.92. The van der Waals surface area contributed by atoms with Gasteiger partial charge < -0.3 is 15.1 Å². The van der Waals surface area contributed by atoms with Crippen LogP contribution in [0.3, 0.4) is 0 Å². The van der Waals surface area contributed by atoms with E-state index in [0.717, 1.165) is 13.1 Å². The fraction of sp³-hybridized carbons (Fsp3) is 1.00. The van der Waals surface area contributed by atoms with Crippen molar-refractivity contribution in [3.8, 4) is 0 Å². The van der Waals surface area contributed by atoms with Crippen LogP contribution >= 0.6 is 0 Å². The van der Waals surface area contributed by atoms with Gasteiger partial charge in [0.1, 0.15) is 0 Å². The van der Waals surface area contributed by atoms with Gasteiger partial charge in [0.15, 0.2) is 0 Å². The maximum atomic E-state index is 3.64. The van der Waals surface area contributed by atoms with E-state index in [-0.39, 0.29) is 0 Å². The molecule has 0 aromatic heterocycles. The summed E-state index contributed by atoms with van der Waals surface area (Å²) in [6, 6.07) is 0.711. The Hall–Kier alpha value is -0.120. The maximum absolute atomic E-state index is 3.64. The van der Waals surface area contributed by atoms with Gasteiger partial charge in [-0.15, -0.1) is 0 Å². The van der Waals surface area contributed by atoms with Crippen LogP contribution in [0.25, 0.3) is 0 Å². The van der Waals surface area contributed by atoms with E-state index in [1.165, 1.54) is 32.4 Å². The first-order chi connectivity index (χ1) is 6.68. The van der Waals surface area contributed by atoms with Gasteiger partial charge in [0.05, 0.1) is 0 Å². The Morgan fingerprint density at radius 3 is 2.86 bits per heavy atom.